The molecule has 156 valence electrons. The molecule has 0 fully saturated rings. The summed E-state index contributed by atoms with van der Waals surface area (Å²) in [4.78, 5) is 29.7. The number of hydrogen-bond acceptors (Lipinski definition) is 7. The second-order valence-electron chi connectivity index (χ2n) is 7.62. The van der Waals surface area contributed by atoms with Crippen LogP contribution in [0.4, 0.5) is 15.9 Å². The average molecular weight is 555 g/mol. The summed E-state index contributed by atoms with van der Waals surface area (Å²) in [5.41, 5.74) is 5.14. The van der Waals surface area contributed by atoms with Crippen molar-refractivity contribution in [3.05, 3.63) is 73.9 Å². The van der Waals surface area contributed by atoms with E-state index in [2.05, 4.69) is 39.9 Å². The van der Waals surface area contributed by atoms with Crippen LogP contribution in [-0.2, 0) is 6.42 Å². The molecule has 7 rings (SSSR count). The van der Waals surface area contributed by atoms with Gasteiger partial charge in [0, 0.05) is 0 Å². The first-order chi connectivity index (χ1) is 15.7. The second kappa shape index (κ2) is 7.35. The Bertz CT molecular complexity index is 1410. The van der Waals surface area contributed by atoms with E-state index in [4.69, 9.17) is 0 Å². The fourth-order valence-electron chi connectivity index (χ4n) is 4.32. The predicted octanol–water partition coefficient (Wildman–Crippen LogP) is 6.91. The van der Waals surface area contributed by atoms with Gasteiger partial charge >= 0.3 is 208 Å². The van der Waals surface area contributed by atoms with E-state index in [0.29, 0.717) is 16.7 Å². The number of thiophene rings is 2. The number of fused-ring (bicyclic) bond motifs is 4. The molecule has 1 aromatic carbocycles. The quantitative estimate of drug-likeness (QED) is 0.135. The van der Waals surface area contributed by atoms with E-state index in [1.807, 2.05) is 30.0 Å². The van der Waals surface area contributed by atoms with Crippen LogP contribution in [0.25, 0.3) is 6.08 Å². The molecule has 0 atom stereocenters. The zero-order valence-electron chi connectivity index (χ0n) is 16.4. The molecule has 0 amide bonds. The zero-order valence-corrected chi connectivity index (χ0v) is 21.4. The number of aryl methyl sites for hydroxylation is 1. The van der Waals surface area contributed by atoms with Crippen molar-refractivity contribution in [2.75, 3.05) is 10.7 Å². The summed E-state index contributed by atoms with van der Waals surface area (Å²) >= 11 is 7.17. The average Bonchev–Trinajstić information content (AvgIpc) is 3.60. The summed E-state index contributed by atoms with van der Waals surface area (Å²) in [6.45, 7) is 0. The number of carbonyl (C=O) groups excluding carboxylic acids is 2. The van der Waals surface area contributed by atoms with Crippen molar-refractivity contribution in [3.63, 3.8) is 0 Å². The molecule has 1 aliphatic carbocycles. The van der Waals surface area contributed by atoms with E-state index in [-0.39, 0.29) is 26.1 Å². The van der Waals surface area contributed by atoms with Crippen molar-refractivity contribution in [2.24, 2.45) is 0 Å². The number of allylic oxidation sites excluding steroid dienone is 1. The van der Waals surface area contributed by atoms with Crippen LogP contribution in [0, 0.1) is 0 Å². The van der Waals surface area contributed by atoms with Crippen molar-refractivity contribution < 1.29 is 9.59 Å². The molecule has 8 heteroatoms. The fourth-order valence-corrected chi connectivity index (χ4v) is 10.7. The van der Waals surface area contributed by atoms with Gasteiger partial charge < -0.3 is 0 Å². The number of thioether (sulfide) groups is 1. The Labute approximate surface area is 206 Å². The Balaban J connectivity index is 1.27. The van der Waals surface area contributed by atoms with E-state index >= 15 is 0 Å². The maximum absolute atomic E-state index is 13.1. The Morgan fingerprint density at radius 3 is 2.38 bits per heavy atom. The molecule has 4 aromatic rings. The molecular weight excluding hydrogens is 541 g/mol. The molecule has 5 heterocycles. The van der Waals surface area contributed by atoms with E-state index in [1.54, 1.807) is 34.4 Å². The second-order valence-corrected chi connectivity index (χ2v) is 14.4. The van der Waals surface area contributed by atoms with Gasteiger partial charge in [-0.2, -0.15) is 0 Å². The zero-order chi connectivity index (χ0) is 21.4. The third-order valence-corrected chi connectivity index (χ3v) is 12.3. The van der Waals surface area contributed by atoms with Gasteiger partial charge in [0.1, 0.15) is 0 Å². The van der Waals surface area contributed by atoms with Gasteiger partial charge in [0.25, 0.3) is 0 Å². The third-order valence-electron chi connectivity index (χ3n) is 5.82. The summed E-state index contributed by atoms with van der Waals surface area (Å²) in [5, 5.41) is 4.28. The molecule has 0 saturated carbocycles. The van der Waals surface area contributed by atoms with Crippen molar-refractivity contribution in [1.82, 2.24) is 0 Å². The van der Waals surface area contributed by atoms with Crippen molar-refractivity contribution in [1.29, 1.82) is 0 Å². The molecule has 3 aromatic heterocycles. The van der Waals surface area contributed by atoms with Crippen molar-refractivity contribution >= 4 is 94.3 Å². The van der Waals surface area contributed by atoms with E-state index in [1.165, 1.54) is 29.9 Å². The molecule has 0 N–H and O–H groups in total. The summed E-state index contributed by atoms with van der Waals surface area (Å²) in [5.74, 6) is 0.782. The van der Waals surface area contributed by atoms with Gasteiger partial charge in [-0.1, -0.05) is 0 Å². The summed E-state index contributed by atoms with van der Waals surface area (Å²) in [6, 6.07) is 12.5. The van der Waals surface area contributed by atoms with Gasteiger partial charge in [-0.05, 0) is 0 Å². The number of rotatable bonds is 2. The monoisotopic (exact) mass is 555 g/mol. The molecule has 0 radical (unpaired) electrons. The summed E-state index contributed by atoms with van der Waals surface area (Å²) < 4.78 is 4.91. The molecule has 2 aliphatic heterocycles. The molecule has 3 nitrogen and oxygen atoms in total. The third kappa shape index (κ3) is 2.87. The first-order valence-corrected chi connectivity index (χ1v) is 15.3. The number of hydrogen-bond donors (Lipinski definition) is 0. The van der Waals surface area contributed by atoms with Gasteiger partial charge in [-0.25, -0.2) is 0 Å². The number of Topliss-reactive ketones (excluding diaryl/α,β-unsaturated/α-hetero) is 2. The first-order valence-electron chi connectivity index (χ1n) is 10.0. The Morgan fingerprint density at radius 1 is 0.906 bits per heavy atom. The topological polar surface area (TPSA) is 37.4 Å². The molecule has 32 heavy (non-hydrogen) atoms. The number of carbonyl (C=O) groups is 2. The molecule has 3 aliphatic rings. The minimum atomic E-state index is -0.125. The molecular formula is C24H13NO2S4Se. The van der Waals surface area contributed by atoms with Crippen LogP contribution in [0.1, 0.15) is 30.7 Å². The van der Waals surface area contributed by atoms with Crippen molar-refractivity contribution in [3.8, 4) is 0 Å². The Morgan fingerprint density at radius 2 is 1.62 bits per heavy atom. The van der Waals surface area contributed by atoms with Crippen LogP contribution in [0.15, 0.2) is 66.0 Å². The minimum absolute atomic E-state index is 0.0143. The fraction of sp³-hybridized carbons (Fsp3) is 0.0833. The SMILES string of the molecule is O=C1/C(=C\c2ccc(N3c4ccsc4Sc4sccc43)[se]2)C(=O)c2cc3c(cc21)CCS3. The standard InChI is InChI=1S/C24H13NO2S4Se/c26-21-14-9-12-3-6-28-19(12)11-15(14)22(27)16(21)10-13-1-2-20(32-13)25-17-4-7-29-23(17)31-24-18(25)5-8-30-24/h1-2,4-5,7-11H,3,6H2/b16-10+. The molecule has 0 unspecified atom stereocenters. The van der Waals surface area contributed by atoms with Gasteiger partial charge in [0.15, 0.2) is 0 Å². The van der Waals surface area contributed by atoms with Gasteiger partial charge in [0.05, 0.1) is 0 Å². The van der Waals surface area contributed by atoms with Gasteiger partial charge in [0.2, 0.25) is 0 Å². The number of benzene rings is 1. The number of nitrogens with zero attached hydrogens (tertiary/aromatic N) is 1. The maximum atomic E-state index is 13.1. The molecule has 0 bridgehead atoms. The van der Waals surface area contributed by atoms with Gasteiger partial charge in [-0.3, -0.25) is 0 Å². The summed E-state index contributed by atoms with van der Waals surface area (Å²) in [7, 11) is 0. The first kappa shape index (κ1) is 19.6. The molecule has 0 spiro atoms. The normalized spacial score (nSPS) is 17.6. The Kier molecular flexibility index (Phi) is 4.51. The van der Waals surface area contributed by atoms with Crippen LogP contribution in [0.2, 0.25) is 0 Å². The van der Waals surface area contributed by atoms with Crippen LogP contribution in [0.5, 0.6) is 0 Å². The van der Waals surface area contributed by atoms with Crippen molar-refractivity contribution in [2.45, 2.75) is 19.7 Å². The summed E-state index contributed by atoms with van der Waals surface area (Å²) in [6.07, 6.45) is 2.81. The Hall–Kier alpha value is -1.80. The van der Waals surface area contributed by atoms with Gasteiger partial charge in [-0.15, -0.1) is 0 Å². The van der Waals surface area contributed by atoms with Crippen LogP contribution in [0.3, 0.4) is 0 Å². The predicted molar refractivity (Wildman–Crippen MR) is 135 cm³/mol. The van der Waals surface area contributed by atoms with Crippen LogP contribution in [-0.4, -0.2) is 31.8 Å². The van der Waals surface area contributed by atoms with E-state index in [9.17, 15) is 9.59 Å². The number of anilines is 3. The molecule has 0 saturated heterocycles. The van der Waals surface area contributed by atoms with Crippen LogP contribution < -0.4 is 4.90 Å². The van der Waals surface area contributed by atoms with E-state index in [0.717, 1.165) is 21.5 Å². The number of ketones is 2. The van der Waals surface area contributed by atoms with Crippen LogP contribution >= 0.6 is 46.2 Å². The van der Waals surface area contributed by atoms with E-state index < -0.39 is 0 Å².